The predicted octanol–water partition coefficient (Wildman–Crippen LogP) is 1.06. The van der Waals surface area contributed by atoms with Gasteiger partial charge in [-0.1, -0.05) is 6.92 Å². The average Bonchev–Trinajstić information content (AvgIpc) is 2.90. The molecule has 0 atom stereocenters. The molecule has 76 valence electrons. The van der Waals surface area contributed by atoms with Crippen LogP contribution in [0.15, 0.2) is 0 Å². The zero-order chi connectivity index (χ0) is 10.3. The van der Waals surface area contributed by atoms with Crippen LogP contribution in [0.1, 0.15) is 41.9 Å². The van der Waals surface area contributed by atoms with Crippen LogP contribution in [-0.2, 0) is 6.42 Å². The molecule has 0 saturated heterocycles. The van der Waals surface area contributed by atoms with Gasteiger partial charge >= 0.3 is 5.97 Å². The minimum atomic E-state index is -0.993. The molecule has 0 amide bonds. The molecule has 0 aromatic carbocycles. The number of hydrogen-bond donors (Lipinski definition) is 2. The number of rotatable bonds is 3. The minimum absolute atomic E-state index is 0.108. The summed E-state index contributed by atoms with van der Waals surface area (Å²) in [5.74, 6) is -0.472. The molecule has 1 aliphatic rings. The first-order valence-corrected chi connectivity index (χ1v) is 4.75. The summed E-state index contributed by atoms with van der Waals surface area (Å²) >= 11 is 0. The fourth-order valence-corrected chi connectivity index (χ4v) is 1.60. The van der Waals surface area contributed by atoms with Crippen molar-refractivity contribution in [2.75, 3.05) is 5.73 Å². The summed E-state index contributed by atoms with van der Waals surface area (Å²) in [6.45, 7) is 1.89. The van der Waals surface area contributed by atoms with Crippen molar-refractivity contribution in [3.8, 4) is 0 Å². The van der Waals surface area contributed by atoms with Gasteiger partial charge in [0.05, 0.1) is 6.04 Å². The molecule has 1 heterocycles. The van der Waals surface area contributed by atoms with Crippen molar-refractivity contribution in [2.24, 2.45) is 0 Å². The molecule has 1 aromatic heterocycles. The smallest absolute Gasteiger partial charge is 0.356 e. The highest BCUT2D eigenvalue weighted by atomic mass is 16.4. The molecule has 0 spiro atoms. The number of aromatic carboxylic acids is 1. The van der Waals surface area contributed by atoms with Gasteiger partial charge in [-0.15, -0.1) is 0 Å². The van der Waals surface area contributed by atoms with E-state index in [0.29, 0.717) is 23.8 Å². The second-order valence-corrected chi connectivity index (χ2v) is 3.55. The summed E-state index contributed by atoms with van der Waals surface area (Å²) in [5, 5.41) is 12.9. The number of carboxylic acids is 1. The maximum Gasteiger partial charge on any atom is 0.356 e. The van der Waals surface area contributed by atoms with E-state index in [1.54, 1.807) is 4.68 Å². The van der Waals surface area contributed by atoms with Gasteiger partial charge in [-0.2, -0.15) is 5.10 Å². The number of nitrogens with two attached hydrogens (primary N) is 1. The third kappa shape index (κ3) is 1.25. The van der Waals surface area contributed by atoms with Gasteiger partial charge in [0.25, 0.3) is 0 Å². The van der Waals surface area contributed by atoms with Crippen molar-refractivity contribution >= 4 is 11.8 Å². The lowest BCUT2D eigenvalue weighted by Gasteiger charge is -2.00. The summed E-state index contributed by atoms with van der Waals surface area (Å²) in [7, 11) is 0. The number of carboxylic acid groups (broad SMARTS) is 1. The summed E-state index contributed by atoms with van der Waals surface area (Å²) in [4.78, 5) is 10.9. The van der Waals surface area contributed by atoms with Gasteiger partial charge in [0, 0.05) is 5.56 Å². The van der Waals surface area contributed by atoms with Gasteiger partial charge in [0.15, 0.2) is 5.69 Å². The topological polar surface area (TPSA) is 81.1 Å². The zero-order valence-corrected chi connectivity index (χ0v) is 8.03. The van der Waals surface area contributed by atoms with E-state index in [0.717, 1.165) is 12.8 Å². The first-order chi connectivity index (χ1) is 6.65. The van der Waals surface area contributed by atoms with Crippen LogP contribution >= 0.6 is 0 Å². The van der Waals surface area contributed by atoms with Crippen LogP contribution in [0.4, 0.5) is 5.82 Å². The fraction of sp³-hybridized carbons (Fsp3) is 0.556. The van der Waals surface area contributed by atoms with Crippen LogP contribution in [0.5, 0.6) is 0 Å². The van der Waals surface area contributed by atoms with E-state index in [4.69, 9.17) is 10.8 Å². The maximum atomic E-state index is 10.9. The molecule has 1 saturated carbocycles. The fourth-order valence-electron chi connectivity index (χ4n) is 1.60. The molecule has 1 aliphatic carbocycles. The second kappa shape index (κ2) is 3.01. The third-order valence-corrected chi connectivity index (χ3v) is 2.50. The highest BCUT2D eigenvalue weighted by Gasteiger charge is 2.30. The Balaban J connectivity index is 2.49. The lowest BCUT2D eigenvalue weighted by atomic mass is 10.2. The lowest BCUT2D eigenvalue weighted by molar-refractivity contribution is 0.0688. The number of anilines is 1. The molecule has 0 aliphatic heterocycles. The van der Waals surface area contributed by atoms with Gasteiger partial charge in [-0.05, 0) is 19.3 Å². The van der Waals surface area contributed by atoms with Gasteiger partial charge in [-0.25, -0.2) is 9.48 Å². The Bertz CT molecular complexity index is 380. The van der Waals surface area contributed by atoms with Gasteiger partial charge in [0.2, 0.25) is 0 Å². The van der Waals surface area contributed by atoms with Crippen molar-refractivity contribution in [3.05, 3.63) is 11.3 Å². The Morgan fingerprint density at radius 3 is 2.71 bits per heavy atom. The molecule has 0 radical (unpaired) electrons. The zero-order valence-electron chi connectivity index (χ0n) is 8.03. The van der Waals surface area contributed by atoms with Crippen molar-refractivity contribution in [3.63, 3.8) is 0 Å². The van der Waals surface area contributed by atoms with Gasteiger partial charge in [0.1, 0.15) is 5.82 Å². The van der Waals surface area contributed by atoms with Gasteiger partial charge < -0.3 is 10.8 Å². The molecular formula is C9H13N3O2. The molecule has 2 rings (SSSR count). The van der Waals surface area contributed by atoms with E-state index < -0.39 is 5.97 Å². The van der Waals surface area contributed by atoms with E-state index in [2.05, 4.69) is 5.10 Å². The normalized spacial score (nSPS) is 15.8. The van der Waals surface area contributed by atoms with Crippen molar-refractivity contribution < 1.29 is 9.90 Å². The van der Waals surface area contributed by atoms with Crippen LogP contribution in [0, 0.1) is 0 Å². The summed E-state index contributed by atoms with van der Waals surface area (Å²) in [6, 6.07) is 0.327. The Hall–Kier alpha value is -1.52. The van der Waals surface area contributed by atoms with Crippen molar-refractivity contribution in [1.82, 2.24) is 9.78 Å². The van der Waals surface area contributed by atoms with Crippen LogP contribution in [0.25, 0.3) is 0 Å². The minimum Gasteiger partial charge on any atom is -0.476 e. The number of hydrogen-bond acceptors (Lipinski definition) is 3. The third-order valence-electron chi connectivity index (χ3n) is 2.50. The molecule has 3 N–H and O–H groups in total. The largest absolute Gasteiger partial charge is 0.476 e. The van der Waals surface area contributed by atoms with E-state index in [-0.39, 0.29) is 5.69 Å². The second-order valence-electron chi connectivity index (χ2n) is 3.55. The molecule has 14 heavy (non-hydrogen) atoms. The van der Waals surface area contributed by atoms with Crippen molar-refractivity contribution in [1.29, 1.82) is 0 Å². The number of nitrogen functional groups attached to an aromatic ring is 1. The Morgan fingerprint density at radius 1 is 1.71 bits per heavy atom. The monoisotopic (exact) mass is 195 g/mol. The van der Waals surface area contributed by atoms with Crippen LogP contribution in [0.3, 0.4) is 0 Å². The first kappa shape index (κ1) is 9.05. The quantitative estimate of drug-likeness (QED) is 0.755. The van der Waals surface area contributed by atoms with Crippen molar-refractivity contribution in [2.45, 2.75) is 32.2 Å². The maximum absolute atomic E-state index is 10.9. The molecule has 1 aromatic rings. The van der Waals surface area contributed by atoms with Crippen LogP contribution in [-0.4, -0.2) is 20.9 Å². The highest BCUT2D eigenvalue weighted by molar-refractivity contribution is 5.88. The molecule has 5 heteroatoms. The number of aromatic nitrogens is 2. The molecule has 1 fully saturated rings. The number of nitrogens with zero attached hydrogens (tertiary/aromatic N) is 2. The van der Waals surface area contributed by atoms with Gasteiger partial charge in [-0.3, -0.25) is 0 Å². The van der Waals surface area contributed by atoms with E-state index in [9.17, 15) is 4.79 Å². The predicted molar refractivity (Wildman–Crippen MR) is 51.2 cm³/mol. The Labute approximate surface area is 81.5 Å². The van der Waals surface area contributed by atoms with Crippen LogP contribution in [0.2, 0.25) is 0 Å². The van der Waals surface area contributed by atoms with E-state index >= 15 is 0 Å². The average molecular weight is 195 g/mol. The first-order valence-electron chi connectivity index (χ1n) is 4.75. The van der Waals surface area contributed by atoms with E-state index in [1.807, 2.05) is 6.92 Å². The Morgan fingerprint density at radius 2 is 2.36 bits per heavy atom. The molecule has 5 nitrogen and oxygen atoms in total. The SMILES string of the molecule is CCc1c(C(=O)O)nn(C2CC2)c1N. The lowest BCUT2D eigenvalue weighted by Crippen LogP contribution is -2.03. The summed E-state index contributed by atoms with van der Waals surface area (Å²) in [6.07, 6.45) is 2.71. The standard InChI is InChI=1S/C9H13N3O2/c1-2-6-7(9(13)14)11-12(8(6)10)5-3-4-5/h5H,2-4,10H2,1H3,(H,13,14). The molecule has 0 bridgehead atoms. The summed E-state index contributed by atoms with van der Waals surface area (Å²) in [5.41, 5.74) is 6.60. The molecule has 0 unspecified atom stereocenters. The van der Waals surface area contributed by atoms with Crippen LogP contribution < -0.4 is 5.73 Å². The number of carbonyl (C=O) groups is 1. The highest BCUT2D eigenvalue weighted by Crippen LogP contribution is 2.37. The Kier molecular flexibility index (Phi) is 1.94. The van der Waals surface area contributed by atoms with E-state index in [1.165, 1.54) is 0 Å². The molecular weight excluding hydrogens is 182 g/mol. The summed E-state index contributed by atoms with van der Waals surface area (Å²) < 4.78 is 1.66.